The average molecular weight is 1470 g/mol. The summed E-state index contributed by atoms with van der Waals surface area (Å²) in [5.41, 5.74) is 33.4. The summed E-state index contributed by atoms with van der Waals surface area (Å²) in [6.07, 6.45) is 16.8. The van der Waals surface area contributed by atoms with Crippen molar-refractivity contribution in [2.45, 2.75) is 0 Å². The molecule has 12 nitrogen and oxygen atoms in total. The zero-order chi connectivity index (χ0) is 76.0. The fraction of sp³-hybridized carbons (Fsp3) is 0. The minimum atomic E-state index is -0.253. The molecule has 12 heteroatoms. The third kappa shape index (κ3) is 12.9. The number of carbonyl (C=O) groups is 2. The molecular weight excluding hydrogens is 1400 g/mol. The van der Waals surface area contributed by atoms with Crippen molar-refractivity contribution in [3.05, 3.63) is 384 Å². The van der Waals surface area contributed by atoms with Gasteiger partial charge in [0.05, 0.1) is 45.6 Å². The standard InChI is InChI=1S/C102H68N10O2/c113-101(103-75-43-39-71(40-44-75)99-89-59-55-85(109-89)95(67-23-11-3-12-24-67)81-51-47-77(105-81)93(65-19-7-1-8-20-65)78-48-52-82(106-78)96(68-25-13-4-14-26-68)86-56-60-90(99)110-86)73-35-31-63(32-36-73)64-33-37-74(38-34-64)102(114)104-76-45-41-72(42-46-76)100-91-61-57-87(111-91)97(69-27-15-5-16-28-69)83-53-49-79(107-83)94(66-21-9-2-10-22-66)80-50-54-84(108-80)98(70-29-17-6-18-30-70)88-58-62-92(100)112-88/h1-62,105,107,110,112H,(H,103,113)(H,104,114). The van der Waals surface area contributed by atoms with Crippen molar-refractivity contribution in [2.24, 2.45) is 0 Å². The fourth-order valence-corrected chi connectivity index (χ4v) is 15.9. The van der Waals surface area contributed by atoms with Gasteiger partial charge in [-0.2, -0.15) is 0 Å². The van der Waals surface area contributed by atoms with E-state index in [2.05, 4.69) is 273 Å². The molecule has 10 aromatic carbocycles. The molecule has 0 fully saturated rings. The Bertz CT molecular complexity index is 6480. The molecule has 16 aromatic rings. The zero-order valence-electron chi connectivity index (χ0n) is 61.4. The molecule has 114 heavy (non-hydrogen) atoms. The van der Waals surface area contributed by atoms with E-state index in [1.807, 2.05) is 133 Å². The summed E-state index contributed by atoms with van der Waals surface area (Å²) in [7, 11) is 0. The molecule has 2 amide bonds. The van der Waals surface area contributed by atoms with Gasteiger partial charge in [0.15, 0.2) is 0 Å². The van der Waals surface area contributed by atoms with Gasteiger partial charge >= 0.3 is 0 Å². The molecule has 0 saturated carbocycles. The van der Waals surface area contributed by atoms with Crippen molar-refractivity contribution < 1.29 is 9.59 Å². The molecule has 0 radical (unpaired) electrons. The van der Waals surface area contributed by atoms with Crippen LogP contribution in [0.25, 0.3) is 193 Å². The van der Waals surface area contributed by atoms with E-state index in [9.17, 15) is 9.59 Å². The monoisotopic (exact) mass is 1460 g/mol. The smallest absolute Gasteiger partial charge is 0.255 e. The van der Waals surface area contributed by atoms with Crippen LogP contribution >= 0.6 is 0 Å². The highest BCUT2D eigenvalue weighted by Crippen LogP contribution is 2.43. The molecule has 0 saturated heterocycles. The van der Waals surface area contributed by atoms with Gasteiger partial charge in [-0.15, -0.1) is 0 Å². The molecule has 0 unspecified atom stereocenters. The second kappa shape index (κ2) is 29.1. The maximum atomic E-state index is 14.1. The largest absolute Gasteiger partial charge is 0.354 e. The number of amides is 2. The van der Waals surface area contributed by atoms with Crippen LogP contribution in [0.4, 0.5) is 11.4 Å². The van der Waals surface area contributed by atoms with Crippen LogP contribution in [0.3, 0.4) is 0 Å². The van der Waals surface area contributed by atoms with Crippen molar-refractivity contribution in [2.75, 3.05) is 10.6 Å². The van der Waals surface area contributed by atoms with Crippen molar-refractivity contribution >= 4 is 116 Å². The van der Waals surface area contributed by atoms with Gasteiger partial charge in [-0.1, -0.05) is 231 Å². The maximum Gasteiger partial charge on any atom is 0.255 e. The van der Waals surface area contributed by atoms with E-state index < -0.39 is 0 Å². The quantitative estimate of drug-likeness (QED) is 0.0670. The summed E-state index contributed by atoms with van der Waals surface area (Å²) in [5, 5.41) is 6.29. The zero-order valence-corrected chi connectivity index (χ0v) is 61.4. The second-order valence-corrected chi connectivity index (χ2v) is 28.4. The molecule has 6 N–H and O–H groups in total. The first-order chi connectivity index (χ1) is 56.3. The lowest BCUT2D eigenvalue weighted by Gasteiger charge is -2.10. The Balaban J connectivity index is 0.575. The summed E-state index contributed by atoms with van der Waals surface area (Å²) in [5.74, 6) is -0.505. The molecule has 0 aliphatic carbocycles. The normalized spacial score (nSPS) is 12.0. The lowest BCUT2D eigenvalue weighted by atomic mass is 10.0. The van der Waals surface area contributed by atoms with Crippen molar-refractivity contribution in [3.63, 3.8) is 0 Å². The number of hydrogen-bond donors (Lipinski definition) is 6. The number of H-pyrrole nitrogens is 4. The molecular formula is C102H68N10O2. The number of fused-ring (bicyclic) bond motifs is 16. The fourth-order valence-electron chi connectivity index (χ4n) is 15.9. The van der Waals surface area contributed by atoms with Gasteiger partial charge in [0, 0.05) is 111 Å². The third-order valence-corrected chi connectivity index (χ3v) is 21.4. The Morgan fingerprint density at radius 3 is 0.535 bits per heavy atom. The first-order valence-electron chi connectivity index (χ1n) is 38.0. The van der Waals surface area contributed by atoms with Crippen LogP contribution in [-0.4, -0.2) is 51.7 Å². The molecule has 6 aromatic heterocycles. The van der Waals surface area contributed by atoms with E-state index in [4.69, 9.17) is 19.9 Å². The predicted octanol–water partition coefficient (Wildman–Crippen LogP) is 25.1. The van der Waals surface area contributed by atoms with Gasteiger partial charge in [-0.05, 0) is 201 Å². The highest BCUT2D eigenvalue weighted by atomic mass is 16.2. The van der Waals surface area contributed by atoms with Crippen LogP contribution in [-0.2, 0) is 0 Å². The maximum absolute atomic E-state index is 14.1. The van der Waals surface area contributed by atoms with Gasteiger partial charge in [0.25, 0.3) is 11.8 Å². The van der Waals surface area contributed by atoms with Gasteiger partial charge in [-0.3, -0.25) is 9.59 Å². The predicted molar refractivity (Wildman–Crippen MR) is 469 cm³/mol. The topological polar surface area (TPSA) is 173 Å². The lowest BCUT2D eigenvalue weighted by Crippen LogP contribution is -2.12. The Morgan fingerprint density at radius 1 is 0.184 bits per heavy atom. The molecule has 4 aliphatic heterocycles. The molecule has 0 atom stereocenters. The number of nitrogens with zero attached hydrogens (tertiary/aromatic N) is 4. The summed E-state index contributed by atoms with van der Waals surface area (Å²) in [6, 6.07) is 110. The van der Waals surface area contributed by atoms with Crippen molar-refractivity contribution in [3.8, 4) is 100 Å². The number of rotatable bonds is 13. The van der Waals surface area contributed by atoms with Crippen LogP contribution in [0.5, 0.6) is 0 Å². The van der Waals surface area contributed by atoms with Crippen LogP contribution in [0.1, 0.15) is 66.3 Å². The highest BCUT2D eigenvalue weighted by Gasteiger charge is 2.24. The van der Waals surface area contributed by atoms with E-state index in [0.717, 1.165) is 190 Å². The first-order valence-corrected chi connectivity index (χ1v) is 38.0. The minimum absolute atomic E-state index is 0.253. The summed E-state index contributed by atoms with van der Waals surface area (Å²) < 4.78 is 0. The summed E-state index contributed by atoms with van der Waals surface area (Å²) in [4.78, 5) is 65.4. The van der Waals surface area contributed by atoms with Crippen molar-refractivity contribution in [1.29, 1.82) is 0 Å². The number of aromatic amines is 4. The van der Waals surface area contributed by atoms with Crippen LogP contribution in [0, 0.1) is 0 Å². The molecule has 10 heterocycles. The molecule has 0 spiro atoms. The summed E-state index contributed by atoms with van der Waals surface area (Å²) in [6.45, 7) is 0. The van der Waals surface area contributed by atoms with E-state index in [-0.39, 0.29) is 11.8 Å². The van der Waals surface area contributed by atoms with E-state index in [1.165, 1.54) is 0 Å². The van der Waals surface area contributed by atoms with Crippen LogP contribution in [0.15, 0.2) is 328 Å². The summed E-state index contributed by atoms with van der Waals surface area (Å²) >= 11 is 0. The van der Waals surface area contributed by atoms with Crippen molar-refractivity contribution in [1.82, 2.24) is 39.9 Å². The number of aromatic nitrogens is 8. The molecule has 538 valence electrons. The highest BCUT2D eigenvalue weighted by molar-refractivity contribution is 6.08. The van der Waals surface area contributed by atoms with Crippen LogP contribution < -0.4 is 10.6 Å². The second-order valence-electron chi connectivity index (χ2n) is 28.4. The van der Waals surface area contributed by atoms with E-state index in [0.29, 0.717) is 22.5 Å². The van der Waals surface area contributed by atoms with Crippen LogP contribution in [0.2, 0.25) is 0 Å². The number of benzene rings is 10. The average Bonchev–Trinajstić information content (AvgIpc) is 1.62. The van der Waals surface area contributed by atoms with E-state index >= 15 is 0 Å². The van der Waals surface area contributed by atoms with Gasteiger partial charge in [0.2, 0.25) is 0 Å². The lowest BCUT2D eigenvalue weighted by molar-refractivity contribution is 0.101. The Morgan fingerprint density at radius 2 is 0.351 bits per heavy atom. The van der Waals surface area contributed by atoms with Gasteiger partial charge < -0.3 is 30.6 Å². The number of anilines is 2. The Hall–Kier alpha value is -15.7. The third-order valence-electron chi connectivity index (χ3n) is 21.4. The minimum Gasteiger partial charge on any atom is -0.354 e. The number of carbonyl (C=O) groups excluding carboxylic acids is 2. The van der Waals surface area contributed by atoms with Gasteiger partial charge in [-0.25, -0.2) is 19.9 Å². The SMILES string of the molecule is O=C(Nc1ccc(-c2c3nc(c(-c4ccccc4)c4ccc([nH]4)c(-c4ccccc4)c4nc(c(-c5ccccc5)c5ccc2[nH]5)C=C4)C=C3)cc1)c1ccc(-c2ccc(C(=O)Nc3ccc(-c4c5nc(c(-c6ccccc6)c6ccc([nH]6)c(-c6ccccc6)c6nc(c(-c7ccccc7)c7ccc4[nH]7)C=C6)C=C5)cc3)cc2)cc1. The molecule has 4 aliphatic rings. The number of hydrogen-bond acceptors (Lipinski definition) is 6. The Labute approximate surface area is 656 Å². The number of nitrogens with one attached hydrogen (secondary N) is 6. The first kappa shape index (κ1) is 67.7. The molecule has 20 rings (SSSR count). The molecule has 16 bridgehead atoms. The Kier molecular flexibility index (Phi) is 17.2. The van der Waals surface area contributed by atoms with Gasteiger partial charge in [0.1, 0.15) is 0 Å². The van der Waals surface area contributed by atoms with E-state index in [1.54, 1.807) is 0 Å².